The van der Waals surface area contributed by atoms with Crippen molar-refractivity contribution in [1.82, 2.24) is 51.1 Å². The second-order valence-corrected chi connectivity index (χ2v) is 28.7. The first-order valence-corrected chi connectivity index (χ1v) is 37.6. The number of fused-ring (bicyclic) bond motifs is 9. The van der Waals surface area contributed by atoms with Gasteiger partial charge in [0.05, 0.1) is 24.8 Å². The number of hydrogen-bond donors (Lipinski definition) is 12. The number of aromatic hydroxyl groups is 2. The van der Waals surface area contributed by atoms with Crippen LogP contribution >= 0.6 is 12.2 Å². The van der Waals surface area contributed by atoms with Crippen LogP contribution in [0.25, 0.3) is 0 Å². The van der Waals surface area contributed by atoms with Crippen molar-refractivity contribution in [3.63, 3.8) is 0 Å². The number of benzene rings is 3. The number of aliphatic hydroxyl groups excluding tert-OH is 1. The number of amides is 10. The van der Waals surface area contributed by atoms with Crippen LogP contribution in [0.5, 0.6) is 23.0 Å². The van der Waals surface area contributed by atoms with Gasteiger partial charge in [-0.05, 0) is 171 Å². The Kier molecular flexibility index (Phi) is 28.6. The maximum atomic E-state index is 14.6. The molecule has 8 atom stereocenters. The third-order valence-electron chi connectivity index (χ3n) is 20.3. The zero-order valence-electron chi connectivity index (χ0n) is 60.8. The fourth-order valence-corrected chi connectivity index (χ4v) is 15.1. The summed E-state index contributed by atoms with van der Waals surface area (Å²) in [6, 6.07) is 4.44. The number of allylic oxidation sites excluding steroid dienone is 2. The number of phenolic OH excluding ortho intramolecular Hbond substituents is 2. The van der Waals surface area contributed by atoms with Gasteiger partial charge in [0.15, 0.2) is 10.7 Å². The van der Waals surface area contributed by atoms with E-state index in [-0.39, 0.29) is 111 Å². The molecule has 0 saturated carbocycles. The maximum Gasteiger partial charge on any atom is 0.340 e. The molecular formula is C75H98N12O20S. The lowest BCUT2D eigenvalue weighted by Crippen LogP contribution is -2.61. The van der Waals surface area contributed by atoms with Crippen LogP contribution in [0.15, 0.2) is 66.7 Å². The maximum absolute atomic E-state index is 14.6. The van der Waals surface area contributed by atoms with E-state index in [1.165, 1.54) is 57.7 Å². The zero-order valence-corrected chi connectivity index (χ0v) is 61.6. The highest BCUT2D eigenvalue weighted by Crippen LogP contribution is 2.57. The second-order valence-electron chi connectivity index (χ2n) is 28.3. The van der Waals surface area contributed by atoms with E-state index in [2.05, 4.69) is 38.0 Å². The molecule has 6 heterocycles. The zero-order chi connectivity index (χ0) is 77.9. The Bertz CT molecular complexity index is 3880. The molecule has 9 rings (SSSR count). The van der Waals surface area contributed by atoms with Gasteiger partial charge in [0.1, 0.15) is 65.3 Å². The quantitative estimate of drug-likeness (QED) is 0.0449. The molecule has 0 aromatic heterocycles. The van der Waals surface area contributed by atoms with Gasteiger partial charge in [-0.2, -0.15) is 0 Å². The molecule has 6 aliphatic rings. The second kappa shape index (κ2) is 37.9. The topological polar surface area (TPSA) is 456 Å². The molecule has 3 saturated heterocycles. The van der Waals surface area contributed by atoms with E-state index in [9.17, 15) is 87.9 Å². The Morgan fingerprint density at radius 2 is 1.17 bits per heavy atom. The molecule has 108 heavy (non-hydrogen) atoms. The minimum absolute atomic E-state index is 0.00868. The first-order valence-electron chi connectivity index (χ1n) is 37.2. The number of unbranched alkanes of at least 4 members (excludes halogenated alkanes) is 1. The van der Waals surface area contributed by atoms with Crippen LogP contribution in [-0.2, 0) is 67.9 Å². The van der Waals surface area contributed by atoms with Gasteiger partial charge in [-0.1, -0.05) is 31.4 Å². The molecule has 0 bridgehead atoms. The predicted octanol–water partition coefficient (Wildman–Crippen LogP) is 3.39. The number of primary amides is 1. The van der Waals surface area contributed by atoms with Crippen LogP contribution in [0.1, 0.15) is 182 Å². The summed E-state index contributed by atoms with van der Waals surface area (Å²) in [6.07, 6.45) is 8.83. The number of carboxylic acids is 2. The molecular weight excluding hydrogens is 1420 g/mol. The fraction of sp³-hybridized carbons (Fsp3) is 0.547. The Balaban J connectivity index is 0.867. The number of carbonyl (C=O) groups excluding carboxylic acids is 11. The SMILES string of the molecule is C[C@@H]1NC(=O)[C@H]([C@@H](C)O)NC(=O)[C@@H]2CCCN2C(=O)[C@H](CCC(=O)O)NC(=O)CN(C(=O)CCCCNC(=S)Nc2ccc3c(c2)C2(OC3=O)c3ccc(O)cc3Oc3cc(O)ccc32)CCCCC/C=C\CCCCCCN(CC(N)=O)C(=O)[C@H](CCC(=O)O)NC(=O)[C@@H]2CCCN2C(=O)[C@@H]2CCCN2C1=O. The van der Waals surface area contributed by atoms with Crippen LogP contribution in [0.2, 0.25) is 0 Å². The lowest BCUT2D eigenvalue weighted by molar-refractivity contribution is -0.148. The summed E-state index contributed by atoms with van der Waals surface area (Å²) in [6.45, 7) is 2.26. The van der Waals surface area contributed by atoms with Gasteiger partial charge >= 0.3 is 17.9 Å². The normalized spacial score (nSPS) is 23.8. The lowest BCUT2D eigenvalue weighted by atomic mass is 9.77. The van der Waals surface area contributed by atoms with Crippen molar-refractivity contribution in [3.05, 3.63) is 89.0 Å². The number of aliphatic carboxylic acids is 2. The number of phenols is 2. The van der Waals surface area contributed by atoms with Crippen molar-refractivity contribution in [3.8, 4) is 23.0 Å². The van der Waals surface area contributed by atoms with E-state index >= 15 is 0 Å². The number of hydrogen-bond acceptors (Lipinski definition) is 19. The number of nitrogens with zero attached hydrogens (tertiary/aromatic N) is 5. The first kappa shape index (κ1) is 81.6. The smallest absolute Gasteiger partial charge is 0.340 e. The number of nitrogens with two attached hydrogens (primary N) is 1. The number of carbonyl (C=O) groups is 13. The van der Waals surface area contributed by atoms with Crippen LogP contribution in [0, 0.1) is 0 Å². The van der Waals surface area contributed by atoms with Crippen LogP contribution in [0.3, 0.4) is 0 Å². The molecule has 3 aromatic carbocycles. The number of esters is 1. The van der Waals surface area contributed by atoms with Gasteiger partial charge in [-0.25, -0.2) is 4.79 Å². The molecule has 32 nitrogen and oxygen atoms in total. The summed E-state index contributed by atoms with van der Waals surface area (Å²) in [4.78, 5) is 184. The minimum Gasteiger partial charge on any atom is -0.508 e. The molecule has 584 valence electrons. The van der Waals surface area contributed by atoms with Crippen molar-refractivity contribution < 1.29 is 97.3 Å². The number of rotatable bonds is 15. The van der Waals surface area contributed by atoms with Crippen molar-refractivity contribution >= 4 is 100.0 Å². The largest absolute Gasteiger partial charge is 0.508 e. The molecule has 0 aliphatic carbocycles. The summed E-state index contributed by atoms with van der Waals surface area (Å²) < 4.78 is 12.3. The van der Waals surface area contributed by atoms with E-state index in [1.807, 2.05) is 6.08 Å². The molecule has 33 heteroatoms. The summed E-state index contributed by atoms with van der Waals surface area (Å²) in [5, 5.41) is 68.1. The number of aliphatic hydroxyl groups is 1. The van der Waals surface area contributed by atoms with Crippen LogP contribution < -0.4 is 42.4 Å². The standard InChI is InChI=1S/C75H98N12O20S/c1-44-69(101)87-38-18-21-57(87)72(104)86-37-17-19-55(86)66(98)81-53(29-31-63(94)95)70(102)84(42-60(76)91)35-15-11-9-7-5-3-4-6-8-10-14-34-83(43-61(92)80-54(30-32-64(96)97)71(103)85-36-16-20-56(85)67(99)82-65(45(2)88)68(100)78-44)62(93)22-12-13-33-77-74(108)79-46-23-26-49-52(39-46)75(107-73(49)105)50-27-24-47(89)40-58(50)106-59-41-48(90)25-28-51(59)75/h3-4,23-28,39-41,44-45,53-57,65,88-90H,5-22,29-38,42-43H2,1-2H3,(H2,76,91)(H,78,100)(H,80,92)(H,81,98)(H,82,99)(H,94,95)(H,96,97)(H2,77,79,108)/b4-3-/t44-,45+,53-,54-,55-,56-,57-,65-/m0/s1. The van der Waals surface area contributed by atoms with Gasteiger partial charge in [0, 0.05) is 93.0 Å². The van der Waals surface area contributed by atoms with E-state index in [4.69, 9.17) is 27.4 Å². The van der Waals surface area contributed by atoms with Crippen molar-refractivity contribution in [2.45, 2.75) is 209 Å². The third kappa shape index (κ3) is 20.6. The van der Waals surface area contributed by atoms with Gasteiger partial charge in [-0.3, -0.25) is 57.5 Å². The molecule has 6 aliphatic heterocycles. The molecule has 0 unspecified atom stereocenters. The number of carboxylic acid groups (broad SMARTS) is 2. The Hall–Kier alpha value is -10.4. The summed E-state index contributed by atoms with van der Waals surface area (Å²) >= 11 is 5.69. The number of nitrogens with one attached hydrogen (secondary N) is 6. The highest BCUT2D eigenvalue weighted by Gasteiger charge is 2.54. The molecule has 3 fully saturated rings. The number of thiocarbonyl (C=S) groups is 1. The monoisotopic (exact) mass is 1520 g/mol. The van der Waals surface area contributed by atoms with E-state index in [0.29, 0.717) is 86.7 Å². The molecule has 1 spiro atoms. The molecule has 13 N–H and O–H groups in total. The average molecular weight is 1520 g/mol. The predicted molar refractivity (Wildman–Crippen MR) is 392 cm³/mol. The van der Waals surface area contributed by atoms with E-state index in [0.717, 1.165) is 30.6 Å². The fourth-order valence-electron chi connectivity index (χ4n) is 14.9. The lowest BCUT2D eigenvalue weighted by Gasteiger charge is -2.36. The van der Waals surface area contributed by atoms with E-state index < -0.39 is 157 Å². The van der Waals surface area contributed by atoms with Crippen molar-refractivity contribution in [2.24, 2.45) is 5.73 Å². The van der Waals surface area contributed by atoms with Gasteiger partial charge in [-0.15, -0.1) is 0 Å². The number of ether oxygens (including phenoxy) is 2. The average Bonchev–Trinajstić information content (AvgIpc) is 1.45. The van der Waals surface area contributed by atoms with Crippen LogP contribution in [0.4, 0.5) is 5.69 Å². The van der Waals surface area contributed by atoms with Crippen LogP contribution in [-0.4, -0.2) is 233 Å². The minimum atomic E-state index is -1.70. The van der Waals surface area contributed by atoms with E-state index in [1.54, 1.807) is 30.3 Å². The van der Waals surface area contributed by atoms with Crippen molar-refractivity contribution in [2.75, 3.05) is 57.7 Å². The molecule has 3 aromatic rings. The van der Waals surface area contributed by atoms with Gasteiger partial charge in [0.2, 0.25) is 59.1 Å². The first-order chi connectivity index (χ1) is 51.6. The molecule has 10 amide bonds. The summed E-state index contributed by atoms with van der Waals surface area (Å²) in [5.74, 6) is -10.3. The van der Waals surface area contributed by atoms with Gasteiger partial charge in [0.25, 0.3) is 0 Å². The Morgan fingerprint density at radius 1 is 0.611 bits per heavy atom. The highest BCUT2D eigenvalue weighted by atomic mass is 32.1. The summed E-state index contributed by atoms with van der Waals surface area (Å²) in [7, 11) is 0. The number of anilines is 1. The highest BCUT2D eigenvalue weighted by molar-refractivity contribution is 7.80. The molecule has 0 radical (unpaired) electrons. The third-order valence-corrected chi connectivity index (χ3v) is 20.6. The van der Waals surface area contributed by atoms with Crippen molar-refractivity contribution in [1.29, 1.82) is 0 Å². The van der Waals surface area contributed by atoms with Gasteiger partial charge < -0.3 is 97.1 Å². The summed E-state index contributed by atoms with van der Waals surface area (Å²) in [5.41, 5.74) is 6.16. The Morgan fingerprint density at radius 3 is 1.77 bits per heavy atom. The Labute approximate surface area is 630 Å².